The molecule has 1 heterocycles. The third kappa shape index (κ3) is 2.88. The van der Waals surface area contributed by atoms with Gasteiger partial charge in [-0.3, -0.25) is 0 Å². The lowest BCUT2D eigenvalue weighted by Crippen LogP contribution is -2.00. The van der Waals surface area contributed by atoms with Crippen molar-refractivity contribution in [3.8, 4) is 11.8 Å². The number of hydrogen-bond donors (Lipinski definition) is 1. The highest BCUT2D eigenvalue weighted by Crippen LogP contribution is 2.29. The molecule has 2 aromatic rings. The minimum atomic E-state index is 0.120. The third-order valence-corrected chi connectivity index (χ3v) is 2.96. The highest BCUT2D eigenvalue weighted by atomic mass is 35.5. The first kappa shape index (κ1) is 13.8. The Morgan fingerprint density at radius 1 is 1.16 bits per heavy atom. The number of aryl methyl sites for hydroxylation is 1. The van der Waals surface area contributed by atoms with Gasteiger partial charge in [0, 0.05) is 11.6 Å². The van der Waals surface area contributed by atoms with E-state index in [2.05, 4.69) is 9.97 Å². The summed E-state index contributed by atoms with van der Waals surface area (Å²) >= 11 is 6.07. The Morgan fingerprint density at radius 3 is 2.47 bits per heavy atom. The number of halogens is 1. The molecule has 0 saturated heterocycles. The van der Waals surface area contributed by atoms with Crippen molar-refractivity contribution >= 4 is 22.6 Å². The number of methoxy groups -OCH3 is 2. The second-order valence-electron chi connectivity index (χ2n) is 4.00. The van der Waals surface area contributed by atoms with Crippen LogP contribution in [0.1, 0.15) is 12.0 Å². The van der Waals surface area contributed by atoms with Crippen LogP contribution in [-0.2, 0) is 6.42 Å². The van der Waals surface area contributed by atoms with E-state index in [0.29, 0.717) is 35.1 Å². The van der Waals surface area contributed by atoms with Crippen LogP contribution >= 0.6 is 11.6 Å². The summed E-state index contributed by atoms with van der Waals surface area (Å²) in [5.41, 5.74) is 2.30. The van der Waals surface area contributed by atoms with Gasteiger partial charge in [0.2, 0.25) is 0 Å². The molecule has 1 N–H and O–H groups in total. The summed E-state index contributed by atoms with van der Waals surface area (Å²) in [6, 6.07) is 3.56. The number of aliphatic hydroxyl groups is 1. The SMILES string of the molecule is COc1nc2cc(Cl)cc(CCCO)c2nc1OC. The topological polar surface area (TPSA) is 64.5 Å². The minimum Gasteiger partial charge on any atom is -0.477 e. The van der Waals surface area contributed by atoms with Crippen molar-refractivity contribution in [1.29, 1.82) is 0 Å². The van der Waals surface area contributed by atoms with Crippen LogP contribution in [0.5, 0.6) is 11.8 Å². The van der Waals surface area contributed by atoms with E-state index < -0.39 is 0 Å². The van der Waals surface area contributed by atoms with Crippen LogP contribution in [0.25, 0.3) is 11.0 Å². The molecule has 102 valence electrons. The average Bonchev–Trinajstić information content (AvgIpc) is 2.43. The fourth-order valence-electron chi connectivity index (χ4n) is 1.89. The van der Waals surface area contributed by atoms with Gasteiger partial charge in [-0.2, -0.15) is 0 Å². The Balaban J connectivity index is 2.61. The highest BCUT2D eigenvalue weighted by Gasteiger charge is 2.13. The largest absolute Gasteiger partial charge is 0.477 e. The number of rotatable bonds is 5. The monoisotopic (exact) mass is 282 g/mol. The lowest BCUT2D eigenvalue weighted by Gasteiger charge is -2.10. The predicted octanol–water partition coefficient (Wildman–Crippen LogP) is 2.23. The lowest BCUT2D eigenvalue weighted by molar-refractivity contribution is 0.288. The number of aliphatic hydroxyl groups excluding tert-OH is 1. The second-order valence-corrected chi connectivity index (χ2v) is 4.44. The Hall–Kier alpha value is -1.59. The first-order valence-electron chi connectivity index (χ1n) is 5.88. The van der Waals surface area contributed by atoms with E-state index in [1.54, 1.807) is 6.07 Å². The Labute approximate surface area is 116 Å². The molecule has 0 spiro atoms. The molecular formula is C13H15ClN2O3. The van der Waals surface area contributed by atoms with Gasteiger partial charge < -0.3 is 14.6 Å². The Morgan fingerprint density at radius 2 is 1.84 bits per heavy atom. The first-order chi connectivity index (χ1) is 9.19. The Bertz CT molecular complexity index is 590. The van der Waals surface area contributed by atoms with Gasteiger partial charge in [0.15, 0.2) is 0 Å². The molecule has 0 radical (unpaired) electrons. The van der Waals surface area contributed by atoms with Gasteiger partial charge in [0.05, 0.1) is 25.3 Å². The molecule has 0 amide bonds. The summed E-state index contributed by atoms with van der Waals surface area (Å²) in [6.45, 7) is 0.120. The van der Waals surface area contributed by atoms with Crippen LogP contribution < -0.4 is 9.47 Å². The van der Waals surface area contributed by atoms with Crippen LogP contribution in [0, 0.1) is 0 Å². The number of hydrogen-bond acceptors (Lipinski definition) is 5. The van der Waals surface area contributed by atoms with E-state index >= 15 is 0 Å². The number of benzene rings is 1. The van der Waals surface area contributed by atoms with E-state index in [-0.39, 0.29) is 6.61 Å². The lowest BCUT2D eigenvalue weighted by atomic mass is 10.1. The van der Waals surface area contributed by atoms with E-state index in [9.17, 15) is 0 Å². The molecule has 0 fully saturated rings. The number of ether oxygens (including phenoxy) is 2. The number of nitrogens with zero attached hydrogens (tertiary/aromatic N) is 2. The van der Waals surface area contributed by atoms with Crippen LogP contribution in [0.2, 0.25) is 5.02 Å². The van der Waals surface area contributed by atoms with Gasteiger partial charge in [-0.25, -0.2) is 9.97 Å². The van der Waals surface area contributed by atoms with Crippen LogP contribution in [0.3, 0.4) is 0 Å². The summed E-state index contributed by atoms with van der Waals surface area (Å²) in [6.07, 6.45) is 1.32. The molecule has 19 heavy (non-hydrogen) atoms. The van der Waals surface area contributed by atoms with Crippen molar-refractivity contribution in [2.45, 2.75) is 12.8 Å². The van der Waals surface area contributed by atoms with Crippen molar-refractivity contribution in [2.24, 2.45) is 0 Å². The van der Waals surface area contributed by atoms with Gasteiger partial charge in [0.1, 0.15) is 0 Å². The summed E-state index contributed by atoms with van der Waals surface area (Å²) in [4.78, 5) is 8.75. The van der Waals surface area contributed by atoms with Gasteiger partial charge in [-0.1, -0.05) is 11.6 Å². The molecule has 6 heteroatoms. The summed E-state index contributed by atoms with van der Waals surface area (Å²) in [7, 11) is 3.03. The van der Waals surface area contributed by atoms with E-state index in [0.717, 1.165) is 11.1 Å². The average molecular weight is 283 g/mol. The molecule has 2 rings (SSSR count). The van der Waals surface area contributed by atoms with E-state index in [1.165, 1.54) is 14.2 Å². The molecule has 1 aromatic heterocycles. The molecular weight excluding hydrogens is 268 g/mol. The maximum absolute atomic E-state index is 8.94. The summed E-state index contributed by atoms with van der Waals surface area (Å²) in [5, 5.41) is 9.52. The molecule has 0 aliphatic rings. The van der Waals surface area contributed by atoms with Crippen LogP contribution in [0.4, 0.5) is 0 Å². The second kappa shape index (κ2) is 6.04. The zero-order valence-corrected chi connectivity index (χ0v) is 11.6. The molecule has 0 saturated carbocycles. The molecule has 0 aliphatic heterocycles. The van der Waals surface area contributed by atoms with Crippen molar-refractivity contribution in [1.82, 2.24) is 9.97 Å². The fourth-order valence-corrected chi connectivity index (χ4v) is 2.12. The zero-order chi connectivity index (χ0) is 13.8. The third-order valence-electron chi connectivity index (χ3n) is 2.74. The van der Waals surface area contributed by atoms with Gasteiger partial charge >= 0.3 is 0 Å². The van der Waals surface area contributed by atoms with Gasteiger partial charge in [-0.05, 0) is 30.5 Å². The molecule has 1 aromatic carbocycles. The van der Waals surface area contributed by atoms with Crippen molar-refractivity contribution < 1.29 is 14.6 Å². The van der Waals surface area contributed by atoms with Crippen LogP contribution in [-0.4, -0.2) is 35.9 Å². The van der Waals surface area contributed by atoms with E-state index in [1.807, 2.05) is 6.07 Å². The molecule has 0 aliphatic carbocycles. The first-order valence-corrected chi connectivity index (χ1v) is 6.26. The maximum Gasteiger partial charge on any atom is 0.278 e. The normalized spacial score (nSPS) is 10.7. The quantitative estimate of drug-likeness (QED) is 0.911. The molecule has 5 nitrogen and oxygen atoms in total. The molecule has 0 atom stereocenters. The maximum atomic E-state index is 8.94. The minimum absolute atomic E-state index is 0.120. The van der Waals surface area contributed by atoms with Crippen LogP contribution in [0.15, 0.2) is 12.1 Å². The predicted molar refractivity (Wildman–Crippen MR) is 73.1 cm³/mol. The fraction of sp³-hybridized carbons (Fsp3) is 0.385. The smallest absolute Gasteiger partial charge is 0.278 e. The van der Waals surface area contributed by atoms with Gasteiger partial charge in [0.25, 0.3) is 11.8 Å². The van der Waals surface area contributed by atoms with E-state index in [4.69, 9.17) is 26.2 Å². The standard InChI is InChI=1S/C13H15ClN2O3/c1-18-12-13(19-2)16-11-8(4-3-5-17)6-9(14)7-10(11)15-12/h6-7,17H,3-5H2,1-2H3. The highest BCUT2D eigenvalue weighted by molar-refractivity contribution is 6.31. The van der Waals surface area contributed by atoms with Gasteiger partial charge in [-0.15, -0.1) is 0 Å². The summed E-state index contributed by atoms with van der Waals surface area (Å²) < 4.78 is 10.3. The van der Waals surface area contributed by atoms with Crippen molar-refractivity contribution in [2.75, 3.05) is 20.8 Å². The molecule has 0 unspecified atom stereocenters. The molecule has 0 bridgehead atoms. The number of aromatic nitrogens is 2. The van der Waals surface area contributed by atoms with Crippen molar-refractivity contribution in [3.63, 3.8) is 0 Å². The Kier molecular flexibility index (Phi) is 4.39. The van der Waals surface area contributed by atoms with Crippen molar-refractivity contribution in [3.05, 3.63) is 22.7 Å². The zero-order valence-electron chi connectivity index (χ0n) is 10.8. The number of fused-ring (bicyclic) bond motifs is 1. The summed E-state index contributed by atoms with van der Waals surface area (Å²) in [5.74, 6) is 0.660.